The molecule has 1 amide bonds. The van der Waals surface area contributed by atoms with Gasteiger partial charge in [0.2, 0.25) is 0 Å². The van der Waals surface area contributed by atoms with E-state index in [4.69, 9.17) is 0 Å². The van der Waals surface area contributed by atoms with Crippen LogP contribution in [0.5, 0.6) is 0 Å². The van der Waals surface area contributed by atoms with Crippen molar-refractivity contribution in [2.75, 3.05) is 13.1 Å². The van der Waals surface area contributed by atoms with Gasteiger partial charge in [-0.25, -0.2) is 4.39 Å². The summed E-state index contributed by atoms with van der Waals surface area (Å²) in [5.74, 6) is -0.469. The SMILES string of the molecule is CC1=CCN(C(=O)c2ccc(F)c(S)c2)CC1. The molecule has 0 saturated heterocycles. The second-order valence-corrected chi connectivity index (χ2v) is 4.70. The minimum Gasteiger partial charge on any atom is -0.335 e. The standard InChI is InChI=1S/C13H14FNOS/c1-9-4-6-15(7-5-9)13(16)10-2-3-11(14)12(17)8-10/h2-4,8,17H,5-7H2,1H3. The molecule has 17 heavy (non-hydrogen) atoms. The highest BCUT2D eigenvalue weighted by Gasteiger charge is 2.18. The molecule has 0 saturated carbocycles. The first kappa shape index (κ1) is 12.2. The van der Waals surface area contributed by atoms with Crippen molar-refractivity contribution in [3.8, 4) is 0 Å². The molecule has 0 spiro atoms. The number of carbonyl (C=O) groups excluding carboxylic acids is 1. The molecule has 1 aliphatic heterocycles. The number of nitrogens with zero attached hydrogens (tertiary/aromatic N) is 1. The molecule has 0 radical (unpaired) electrons. The fourth-order valence-electron chi connectivity index (χ4n) is 1.78. The summed E-state index contributed by atoms with van der Waals surface area (Å²) in [6.45, 7) is 3.41. The van der Waals surface area contributed by atoms with E-state index in [9.17, 15) is 9.18 Å². The summed E-state index contributed by atoms with van der Waals surface area (Å²) in [6.07, 6.45) is 2.95. The van der Waals surface area contributed by atoms with Gasteiger partial charge in [0.05, 0.1) is 0 Å². The van der Waals surface area contributed by atoms with Gasteiger partial charge in [0.1, 0.15) is 5.82 Å². The van der Waals surface area contributed by atoms with Crippen molar-refractivity contribution in [2.24, 2.45) is 0 Å². The molecule has 0 unspecified atom stereocenters. The van der Waals surface area contributed by atoms with Crippen molar-refractivity contribution in [3.63, 3.8) is 0 Å². The predicted octanol–water partition coefficient (Wildman–Crippen LogP) is 2.91. The van der Waals surface area contributed by atoms with Gasteiger partial charge in [0, 0.05) is 23.5 Å². The summed E-state index contributed by atoms with van der Waals surface area (Å²) in [5, 5.41) is 0. The molecule has 0 aromatic heterocycles. The van der Waals surface area contributed by atoms with Gasteiger partial charge in [-0.2, -0.15) is 0 Å². The molecule has 1 aromatic rings. The molecule has 0 aliphatic carbocycles. The fourth-order valence-corrected chi connectivity index (χ4v) is 2.00. The normalized spacial score (nSPS) is 15.7. The Morgan fingerprint density at radius 3 is 2.82 bits per heavy atom. The van der Waals surface area contributed by atoms with E-state index in [1.807, 2.05) is 6.08 Å². The molecule has 0 fully saturated rings. The third-order valence-electron chi connectivity index (χ3n) is 2.92. The van der Waals surface area contributed by atoms with Crippen molar-refractivity contribution in [1.82, 2.24) is 4.90 Å². The Kier molecular flexibility index (Phi) is 3.52. The zero-order chi connectivity index (χ0) is 12.4. The summed E-state index contributed by atoms with van der Waals surface area (Å²) in [7, 11) is 0. The minimum absolute atomic E-state index is 0.0657. The van der Waals surface area contributed by atoms with Crippen molar-refractivity contribution in [3.05, 3.63) is 41.2 Å². The fraction of sp³-hybridized carbons (Fsp3) is 0.308. The third-order valence-corrected chi connectivity index (χ3v) is 3.26. The molecule has 1 heterocycles. The average Bonchev–Trinajstić information content (AvgIpc) is 2.33. The van der Waals surface area contributed by atoms with Gasteiger partial charge < -0.3 is 4.90 Å². The lowest BCUT2D eigenvalue weighted by Crippen LogP contribution is -2.34. The number of benzene rings is 1. The molecule has 0 bridgehead atoms. The van der Waals surface area contributed by atoms with Crippen molar-refractivity contribution in [2.45, 2.75) is 18.2 Å². The quantitative estimate of drug-likeness (QED) is 0.601. The van der Waals surface area contributed by atoms with Crippen molar-refractivity contribution < 1.29 is 9.18 Å². The van der Waals surface area contributed by atoms with Crippen LogP contribution in [0, 0.1) is 5.82 Å². The number of hydrogen-bond acceptors (Lipinski definition) is 2. The summed E-state index contributed by atoms with van der Waals surface area (Å²) in [6, 6.07) is 4.26. The highest BCUT2D eigenvalue weighted by atomic mass is 32.1. The Morgan fingerprint density at radius 1 is 1.47 bits per heavy atom. The third kappa shape index (κ3) is 2.69. The van der Waals surface area contributed by atoms with E-state index in [0.29, 0.717) is 12.1 Å². The summed E-state index contributed by atoms with van der Waals surface area (Å²) < 4.78 is 13.0. The Hall–Kier alpha value is -1.29. The molecule has 0 atom stereocenters. The first-order valence-corrected chi connectivity index (χ1v) is 5.96. The Bertz CT molecular complexity index is 484. The maximum Gasteiger partial charge on any atom is 0.254 e. The van der Waals surface area contributed by atoms with E-state index < -0.39 is 5.82 Å². The lowest BCUT2D eigenvalue weighted by atomic mass is 10.1. The van der Waals surface area contributed by atoms with Crippen molar-refractivity contribution in [1.29, 1.82) is 0 Å². The van der Waals surface area contributed by atoms with Crippen LogP contribution in [0.15, 0.2) is 34.7 Å². The highest BCUT2D eigenvalue weighted by molar-refractivity contribution is 7.80. The lowest BCUT2D eigenvalue weighted by Gasteiger charge is -2.25. The van der Waals surface area contributed by atoms with Crippen LogP contribution < -0.4 is 0 Å². The van der Waals surface area contributed by atoms with Crippen LogP contribution >= 0.6 is 12.6 Å². The van der Waals surface area contributed by atoms with Gasteiger partial charge in [-0.15, -0.1) is 12.6 Å². The molecule has 2 rings (SSSR count). The largest absolute Gasteiger partial charge is 0.335 e. The number of halogens is 1. The van der Waals surface area contributed by atoms with Crippen LogP contribution in [0.25, 0.3) is 0 Å². The zero-order valence-electron chi connectivity index (χ0n) is 9.61. The van der Waals surface area contributed by atoms with Gasteiger partial charge in [-0.05, 0) is 31.5 Å². The zero-order valence-corrected chi connectivity index (χ0v) is 10.5. The summed E-state index contributed by atoms with van der Waals surface area (Å²) >= 11 is 3.98. The average molecular weight is 251 g/mol. The molecule has 0 N–H and O–H groups in total. The molecule has 2 nitrogen and oxygen atoms in total. The van der Waals surface area contributed by atoms with Crippen LogP contribution in [0.1, 0.15) is 23.7 Å². The number of amides is 1. The van der Waals surface area contributed by atoms with Crippen LogP contribution in [-0.4, -0.2) is 23.9 Å². The van der Waals surface area contributed by atoms with E-state index >= 15 is 0 Å². The first-order valence-electron chi connectivity index (χ1n) is 5.51. The maximum atomic E-state index is 13.0. The van der Waals surface area contributed by atoms with E-state index in [1.165, 1.54) is 23.8 Å². The Morgan fingerprint density at radius 2 is 2.24 bits per heavy atom. The predicted molar refractivity (Wildman–Crippen MR) is 67.9 cm³/mol. The van der Waals surface area contributed by atoms with E-state index in [1.54, 1.807) is 4.90 Å². The molecule has 1 aromatic carbocycles. The molecular formula is C13H14FNOS. The van der Waals surface area contributed by atoms with Crippen LogP contribution in [0.4, 0.5) is 4.39 Å². The second-order valence-electron chi connectivity index (χ2n) is 4.22. The van der Waals surface area contributed by atoms with Crippen LogP contribution in [0.3, 0.4) is 0 Å². The van der Waals surface area contributed by atoms with Gasteiger partial charge in [-0.3, -0.25) is 4.79 Å². The molecule has 90 valence electrons. The maximum absolute atomic E-state index is 13.0. The monoisotopic (exact) mass is 251 g/mol. The van der Waals surface area contributed by atoms with Gasteiger partial charge in [0.25, 0.3) is 5.91 Å². The number of hydrogen-bond donors (Lipinski definition) is 1. The van der Waals surface area contributed by atoms with E-state index in [2.05, 4.69) is 19.6 Å². The first-order chi connectivity index (χ1) is 8.08. The van der Waals surface area contributed by atoms with E-state index in [-0.39, 0.29) is 10.8 Å². The van der Waals surface area contributed by atoms with Crippen LogP contribution in [-0.2, 0) is 0 Å². The van der Waals surface area contributed by atoms with Crippen LogP contribution in [0.2, 0.25) is 0 Å². The Balaban J connectivity index is 2.17. The lowest BCUT2D eigenvalue weighted by molar-refractivity contribution is 0.0768. The number of carbonyl (C=O) groups is 1. The smallest absolute Gasteiger partial charge is 0.254 e. The highest BCUT2D eigenvalue weighted by Crippen LogP contribution is 2.17. The molecule has 1 aliphatic rings. The van der Waals surface area contributed by atoms with Gasteiger partial charge in [-0.1, -0.05) is 11.6 Å². The summed E-state index contributed by atoms with van der Waals surface area (Å²) in [4.78, 5) is 14.1. The molecular weight excluding hydrogens is 237 g/mol. The topological polar surface area (TPSA) is 20.3 Å². The van der Waals surface area contributed by atoms with Crippen molar-refractivity contribution >= 4 is 18.5 Å². The molecule has 4 heteroatoms. The second kappa shape index (κ2) is 4.92. The Labute approximate surface area is 106 Å². The number of rotatable bonds is 1. The minimum atomic E-state index is -0.403. The number of thiol groups is 1. The van der Waals surface area contributed by atoms with E-state index in [0.717, 1.165) is 13.0 Å². The summed E-state index contributed by atoms with van der Waals surface area (Å²) in [5.41, 5.74) is 1.80. The van der Waals surface area contributed by atoms with Gasteiger partial charge >= 0.3 is 0 Å². The van der Waals surface area contributed by atoms with Gasteiger partial charge in [0.15, 0.2) is 0 Å².